The molecule has 1 amide bonds. The number of aromatic nitrogens is 2. The van der Waals surface area contributed by atoms with Gasteiger partial charge in [-0.1, -0.05) is 24.3 Å². The van der Waals surface area contributed by atoms with Crippen LogP contribution in [0.1, 0.15) is 24.1 Å². The van der Waals surface area contributed by atoms with Gasteiger partial charge in [0.1, 0.15) is 5.75 Å². The number of methoxy groups -OCH3 is 1. The van der Waals surface area contributed by atoms with Gasteiger partial charge in [0.05, 0.1) is 24.8 Å². The molecule has 5 rings (SSSR count). The van der Waals surface area contributed by atoms with Crippen LogP contribution in [-0.2, 0) is 4.79 Å². The lowest BCUT2D eigenvalue weighted by Gasteiger charge is -2.38. The Hall–Kier alpha value is -3.54. The molecular weight excluding hydrogens is 412 g/mol. The third-order valence-electron chi connectivity index (χ3n) is 6.85. The molecule has 6 nitrogen and oxygen atoms in total. The maximum Gasteiger partial charge on any atom is 0.246 e. The number of hydrogen-bond donors (Lipinski definition) is 0. The van der Waals surface area contributed by atoms with Gasteiger partial charge in [-0.25, -0.2) is 4.98 Å². The van der Waals surface area contributed by atoms with Gasteiger partial charge >= 0.3 is 0 Å². The zero-order valence-electron chi connectivity index (χ0n) is 19.2. The number of piperidine rings is 1. The second-order valence-corrected chi connectivity index (χ2v) is 8.90. The van der Waals surface area contributed by atoms with Crippen molar-refractivity contribution >= 4 is 17.7 Å². The Morgan fingerprint density at radius 2 is 1.97 bits per heavy atom. The van der Waals surface area contributed by atoms with Crippen molar-refractivity contribution in [1.82, 2.24) is 14.5 Å². The third kappa shape index (κ3) is 4.38. The van der Waals surface area contributed by atoms with Crippen molar-refractivity contribution in [3.63, 3.8) is 0 Å². The summed E-state index contributed by atoms with van der Waals surface area (Å²) in [5, 5.41) is 0. The highest BCUT2D eigenvalue weighted by Crippen LogP contribution is 2.35. The fourth-order valence-electron chi connectivity index (χ4n) is 5.16. The lowest BCUT2D eigenvalue weighted by atomic mass is 9.92. The molecule has 2 aliphatic rings. The van der Waals surface area contributed by atoms with Crippen LogP contribution in [0.15, 0.2) is 67.1 Å². The normalized spacial score (nSPS) is 20.3. The monoisotopic (exact) mass is 442 g/mol. The summed E-state index contributed by atoms with van der Waals surface area (Å²) in [6.45, 7) is 4.66. The predicted octanol–water partition coefficient (Wildman–Crippen LogP) is 4.33. The van der Waals surface area contributed by atoms with E-state index in [1.54, 1.807) is 19.5 Å². The van der Waals surface area contributed by atoms with Crippen LogP contribution in [0.2, 0.25) is 0 Å². The molecule has 0 radical (unpaired) electrons. The van der Waals surface area contributed by atoms with Crippen molar-refractivity contribution in [2.45, 2.75) is 25.8 Å². The highest BCUT2D eigenvalue weighted by Gasteiger charge is 2.39. The van der Waals surface area contributed by atoms with E-state index >= 15 is 0 Å². The van der Waals surface area contributed by atoms with E-state index in [0.717, 1.165) is 55.2 Å². The summed E-state index contributed by atoms with van der Waals surface area (Å²) in [7, 11) is 1.66. The minimum absolute atomic E-state index is 0.0832. The fourth-order valence-corrected chi connectivity index (χ4v) is 5.16. The van der Waals surface area contributed by atoms with Gasteiger partial charge in [0.2, 0.25) is 5.91 Å². The first-order valence-electron chi connectivity index (χ1n) is 11.6. The van der Waals surface area contributed by atoms with Crippen LogP contribution in [0.4, 0.5) is 5.69 Å². The van der Waals surface area contributed by atoms with Crippen LogP contribution in [0.25, 0.3) is 11.8 Å². The molecule has 0 bridgehead atoms. The van der Waals surface area contributed by atoms with Crippen molar-refractivity contribution < 1.29 is 9.53 Å². The van der Waals surface area contributed by atoms with E-state index in [0.29, 0.717) is 12.0 Å². The molecule has 33 heavy (non-hydrogen) atoms. The molecule has 1 aromatic heterocycles. The molecule has 2 aromatic carbocycles. The van der Waals surface area contributed by atoms with Gasteiger partial charge in [-0.15, -0.1) is 0 Å². The summed E-state index contributed by atoms with van der Waals surface area (Å²) in [5.74, 6) is 1.36. The summed E-state index contributed by atoms with van der Waals surface area (Å²) >= 11 is 0. The number of imidazole rings is 1. The molecule has 3 heterocycles. The largest absolute Gasteiger partial charge is 0.495 e. The van der Waals surface area contributed by atoms with E-state index in [-0.39, 0.29) is 5.91 Å². The van der Waals surface area contributed by atoms with Gasteiger partial charge < -0.3 is 19.1 Å². The minimum Gasteiger partial charge on any atom is -0.495 e. The van der Waals surface area contributed by atoms with Gasteiger partial charge in [0.15, 0.2) is 0 Å². The number of hydrogen-bond acceptors (Lipinski definition) is 4. The molecule has 6 heteroatoms. The third-order valence-corrected chi connectivity index (χ3v) is 6.85. The SMILES string of the molecule is COc1cc(/C=C/C(=O)N2CCC3[C@@H](CCN3c3ccccc3)C2)ccc1-n1cnc(C)c1. The van der Waals surface area contributed by atoms with Crippen molar-refractivity contribution in [1.29, 1.82) is 0 Å². The van der Waals surface area contributed by atoms with Crippen LogP contribution < -0.4 is 9.64 Å². The summed E-state index contributed by atoms with van der Waals surface area (Å²) in [6, 6.07) is 17.1. The number of anilines is 1. The van der Waals surface area contributed by atoms with Crippen LogP contribution in [-0.4, -0.2) is 53.1 Å². The molecule has 0 aliphatic carbocycles. The van der Waals surface area contributed by atoms with Gasteiger partial charge in [-0.3, -0.25) is 4.79 Å². The van der Waals surface area contributed by atoms with Crippen molar-refractivity contribution in [2.24, 2.45) is 5.92 Å². The summed E-state index contributed by atoms with van der Waals surface area (Å²) in [4.78, 5) is 21.8. The predicted molar refractivity (Wildman–Crippen MR) is 131 cm³/mol. The van der Waals surface area contributed by atoms with Crippen LogP contribution in [0.5, 0.6) is 5.75 Å². The number of fused-ring (bicyclic) bond motifs is 1. The Balaban J connectivity index is 1.24. The second-order valence-electron chi connectivity index (χ2n) is 8.90. The number of rotatable bonds is 5. The Morgan fingerprint density at radius 3 is 2.73 bits per heavy atom. The molecule has 170 valence electrons. The quantitative estimate of drug-likeness (QED) is 0.552. The van der Waals surface area contributed by atoms with E-state index in [1.165, 1.54) is 5.69 Å². The molecule has 2 aliphatic heterocycles. The summed E-state index contributed by atoms with van der Waals surface area (Å²) < 4.78 is 7.53. The van der Waals surface area contributed by atoms with Crippen molar-refractivity contribution in [3.05, 3.63) is 78.4 Å². The smallest absolute Gasteiger partial charge is 0.246 e. The molecule has 2 atom stereocenters. The first kappa shape index (κ1) is 21.3. The van der Waals surface area contributed by atoms with Crippen LogP contribution in [0.3, 0.4) is 0 Å². The van der Waals surface area contributed by atoms with Gasteiger partial charge in [0, 0.05) is 43.6 Å². The molecular formula is C27H30N4O2. The summed E-state index contributed by atoms with van der Waals surface area (Å²) in [6.07, 6.45) is 9.47. The lowest BCUT2D eigenvalue weighted by molar-refractivity contribution is -0.127. The van der Waals surface area contributed by atoms with Crippen molar-refractivity contribution in [3.8, 4) is 11.4 Å². The molecule has 3 aromatic rings. The number of nitrogens with zero attached hydrogens (tertiary/aromatic N) is 4. The number of carbonyl (C=O) groups is 1. The number of para-hydroxylation sites is 1. The zero-order chi connectivity index (χ0) is 22.8. The Kier molecular flexibility index (Phi) is 5.90. The molecule has 2 saturated heterocycles. The number of carbonyl (C=O) groups excluding carboxylic acids is 1. The van der Waals surface area contributed by atoms with E-state index in [1.807, 2.05) is 46.9 Å². The minimum atomic E-state index is 0.0832. The number of likely N-dealkylation sites (tertiary alicyclic amines) is 1. The average Bonchev–Trinajstić information content (AvgIpc) is 3.48. The number of amides is 1. The maximum atomic E-state index is 12.9. The molecule has 1 unspecified atom stereocenters. The maximum absolute atomic E-state index is 12.9. The first-order valence-corrected chi connectivity index (χ1v) is 11.6. The Labute approximate surface area is 195 Å². The van der Waals surface area contributed by atoms with Gasteiger partial charge in [-0.05, 0) is 61.6 Å². The zero-order valence-corrected chi connectivity index (χ0v) is 19.2. The standard InChI is InChI=1S/C27H30N4O2/c1-20-17-30(19-28-20)25-10-8-21(16-26(25)33-2)9-11-27(32)29-14-13-24-22(18-29)12-15-31(24)23-6-4-3-5-7-23/h3-11,16-17,19,22,24H,12-15,18H2,1-2H3/b11-9+/t22-,24?/m0/s1. The topological polar surface area (TPSA) is 50.6 Å². The van der Waals surface area contributed by atoms with Gasteiger partial charge in [-0.2, -0.15) is 0 Å². The first-order chi connectivity index (χ1) is 16.1. The molecule has 0 saturated carbocycles. The molecule has 2 fully saturated rings. The second kappa shape index (κ2) is 9.14. The van der Waals surface area contributed by atoms with E-state index in [9.17, 15) is 4.79 Å². The Bertz CT molecular complexity index is 1150. The number of ether oxygens (including phenoxy) is 1. The van der Waals surface area contributed by atoms with Crippen LogP contribution >= 0.6 is 0 Å². The van der Waals surface area contributed by atoms with Crippen LogP contribution in [0, 0.1) is 12.8 Å². The van der Waals surface area contributed by atoms with E-state index in [4.69, 9.17) is 4.74 Å². The highest BCUT2D eigenvalue weighted by molar-refractivity contribution is 5.92. The summed E-state index contributed by atoms with van der Waals surface area (Å²) in [5.41, 5.74) is 4.11. The lowest BCUT2D eigenvalue weighted by Crippen LogP contribution is -2.47. The van der Waals surface area contributed by atoms with Gasteiger partial charge in [0.25, 0.3) is 0 Å². The molecule has 0 spiro atoms. The molecule has 0 N–H and O–H groups in total. The number of benzene rings is 2. The van der Waals surface area contributed by atoms with E-state index in [2.05, 4.69) is 40.2 Å². The highest BCUT2D eigenvalue weighted by atomic mass is 16.5. The van der Waals surface area contributed by atoms with E-state index < -0.39 is 0 Å². The number of aryl methyl sites for hydroxylation is 1. The van der Waals surface area contributed by atoms with Crippen molar-refractivity contribution in [2.75, 3.05) is 31.6 Å². The Morgan fingerprint density at radius 1 is 1.12 bits per heavy atom. The average molecular weight is 443 g/mol. The fraction of sp³-hybridized carbons (Fsp3) is 0.333.